The summed E-state index contributed by atoms with van der Waals surface area (Å²) in [5.41, 5.74) is -1.80. The lowest BCUT2D eigenvalue weighted by Crippen LogP contribution is -2.18. The van der Waals surface area contributed by atoms with E-state index in [0.29, 0.717) is 6.07 Å². The van der Waals surface area contributed by atoms with Gasteiger partial charge in [-0.15, -0.1) is 0 Å². The number of anilines is 2. The molecule has 11 heteroatoms. The first-order valence-electron chi connectivity index (χ1n) is 8.44. The number of hydrogen-bond donors (Lipinski definition) is 2. The number of alkyl halides is 3. The molecule has 2 aromatic carbocycles. The molecule has 0 heterocycles. The summed E-state index contributed by atoms with van der Waals surface area (Å²) in [6.07, 6.45) is -4.68. The van der Waals surface area contributed by atoms with Crippen LogP contribution in [0.2, 0.25) is 5.02 Å². The molecule has 6 nitrogen and oxygen atoms in total. The molecule has 0 fully saturated rings. The Bertz CT molecular complexity index is 1010. The Kier molecular flexibility index (Phi) is 7.02. The monoisotopic (exact) mass is 450 g/mol. The molecule has 0 saturated heterocycles. The molecule has 0 aromatic heterocycles. The van der Waals surface area contributed by atoms with E-state index in [9.17, 15) is 26.4 Å². The van der Waals surface area contributed by atoms with Crippen LogP contribution in [0.3, 0.4) is 0 Å². The van der Waals surface area contributed by atoms with Crippen molar-refractivity contribution in [1.29, 1.82) is 0 Å². The van der Waals surface area contributed by atoms with Crippen molar-refractivity contribution >= 4 is 38.9 Å². The van der Waals surface area contributed by atoms with E-state index in [1.165, 1.54) is 6.07 Å². The minimum atomic E-state index is -4.82. The number of amides is 1. The van der Waals surface area contributed by atoms with Gasteiger partial charge in [-0.2, -0.15) is 13.2 Å². The second-order valence-electron chi connectivity index (χ2n) is 5.79. The van der Waals surface area contributed by atoms with Crippen LogP contribution < -0.4 is 14.8 Å². The average molecular weight is 451 g/mol. The summed E-state index contributed by atoms with van der Waals surface area (Å²) in [6, 6.07) is 6.29. The Hall–Kier alpha value is -2.46. The minimum absolute atomic E-state index is 0.0914. The van der Waals surface area contributed by atoms with Crippen LogP contribution >= 0.6 is 11.6 Å². The van der Waals surface area contributed by atoms with Crippen LogP contribution in [0.15, 0.2) is 41.3 Å². The molecule has 0 aliphatic carbocycles. The van der Waals surface area contributed by atoms with E-state index >= 15 is 0 Å². The third-order valence-electron chi connectivity index (χ3n) is 3.69. The van der Waals surface area contributed by atoms with Gasteiger partial charge in [-0.25, -0.2) is 8.42 Å². The van der Waals surface area contributed by atoms with Crippen molar-refractivity contribution in [3.63, 3.8) is 0 Å². The number of carbonyl (C=O) groups excluding carboxylic acids is 1. The van der Waals surface area contributed by atoms with Gasteiger partial charge in [0.05, 0.1) is 28.4 Å². The van der Waals surface area contributed by atoms with Gasteiger partial charge in [-0.05, 0) is 43.3 Å². The maximum Gasteiger partial charge on any atom is 0.418 e. The van der Waals surface area contributed by atoms with E-state index in [0.717, 1.165) is 24.3 Å². The number of nitrogens with one attached hydrogen (secondary N) is 2. The summed E-state index contributed by atoms with van der Waals surface area (Å²) in [5.74, 6) is -0.152. The maximum atomic E-state index is 13.2. The van der Waals surface area contributed by atoms with Gasteiger partial charge in [-0.3, -0.25) is 9.52 Å². The van der Waals surface area contributed by atoms with Gasteiger partial charge in [-0.1, -0.05) is 18.5 Å². The zero-order valence-electron chi connectivity index (χ0n) is 15.4. The van der Waals surface area contributed by atoms with E-state index in [4.69, 9.17) is 16.3 Å². The molecular weight excluding hydrogens is 433 g/mol. The molecule has 0 saturated carbocycles. The van der Waals surface area contributed by atoms with Gasteiger partial charge in [0, 0.05) is 11.4 Å². The Labute approximate surface area is 171 Å². The van der Waals surface area contributed by atoms with Crippen LogP contribution in [-0.4, -0.2) is 20.9 Å². The third kappa shape index (κ3) is 5.77. The number of halogens is 4. The number of hydrogen-bond acceptors (Lipinski definition) is 4. The lowest BCUT2D eigenvalue weighted by molar-refractivity contribution is -0.136. The van der Waals surface area contributed by atoms with Crippen molar-refractivity contribution in [3.05, 3.63) is 47.0 Å². The highest BCUT2D eigenvalue weighted by atomic mass is 35.5. The highest BCUT2D eigenvalue weighted by molar-refractivity contribution is 7.92. The number of sulfonamides is 1. The highest BCUT2D eigenvalue weighted by Gasteiger charge is 2.35. The lowest BCUT2D eigenvalue weighted by Gasteiger charge is -2.16. The quantitative estimate of drug-likeness (QED) is 0.628. The van der Waals surface area contributed by atoms with E-state index in [2.05, 4.69) is 5.32 Å². The van der Waals surface area contributed by atoms with Gasteiger partial charge < -0.3 is 10.1 Å². The SMILES string of the molecule is CCOc1ccc(S(=O)(=O)Nc2ccc(Cl)cc2C(F)(F)F)cc1NC(=O)CC. The fraction of sp³-hybridized carbons (Fsp3) is 0.278. The Morgan fingerprint density at radius 2 is 1.79 bits per heavy atom. The normalized spacial score (nSPS) is 11.8. The highest BCUT2D eigenvalue weighted by Crippen LogP contribution is 2.37. The molecule has 0 unspecified atom stereocenters. The summed E-state index contributed by atoms with van der Waals surface area (Å²) in [5, 5.41) is 2.32. The molecule has 1 amide bonds. The van der Waals surface area contributed by atoms with Crippen molar-refractivity contribution in [1.82, 2.24) is 0 Å². The molecule has 158 valence electrons. The molecule has 0 spiro atoms. The van der Waals surface area contributed by atoms with Crippen LogP contribution in [0.4, 0.5) is 24.5 Å². The van der Waals surface area contributed by atoms with Crippen molar-refractivity contribution in [2.24, 2.45) is 0 Å². The zero-order chi connectivity index (χ0) is 21.8. The molecular formula is C18H18ClF3N2O4S. The molecule has 0 atom stereocenters. The molecule has 0 aliphatic heterocycles. The summed E-state index contributed by atoms with van der Waals surface area (Å²) in [6.45, 7) is 3.58. The molecule has 0 bridgehead atoms. The predicted molar refractivity (Wildman–Crippen MR) is 104 cm³/mol. The van der Waals surface area contributed by atoms with Crippen molar-refractivity contribution in [2.45, 2.75) is 31.3 Å². The Morgan fingerprint density at radius 3 is 2.38 bits per heavy atom. The number of ether oxygens (including phenoxy) is 1. The van der Waals surface area contributed by atoms with E-state index in [-0.39, 0.29) is 40.3 Å². The van der Waals surface area contributed by atoms with Gasteiger partial charge in [0.1, 0.15) is 5.75 Å². The lowest BCUT2D eigenvalue weighted by atomic mass is 10.2. The molecule has 29 heavy (non-hydrogen) atoms. The topological polar surface area (TPSA) is 84.5 Å². The minimum Gasteiger partial charge on any atom is -0.492 e. The molecule has 2 rings (SSSR count). The van der Waals surface area contributed by atoms with Crippen LogP contribution in [0, 0.1) is 0 Å². The zero-order valence-corrected chi connectivity index (χ0v) is 17.0. The van der Waals surface area contributed by atoms with Crippen LogP contribution in [0.1, 0.15) is 25.8 Å². The maximum absolute atomic E-state index is 13.2. The second kappa shape index (κ2) is 8.91. The number of carbonyl (C=O) groups is 1. The standard InChI is InChI=1S/C18H18ClF3N2O4S/c1-3-17(25)23-15-10-12(6-8-16(15)28-4-2)29(26,27)24-14-7-5-11(19)9-13(14)18(20,21)22/h5-10,24H,3-4H2,1-2H3,(H,23,25). The van der Waals surface area contributed by atoms with E-state index < -0.39 is 27.5 Å². The van der Waals surface area contributed by atoms with Crippen molar-refractivity contribution in [3.8, 4) is 5.75 Å². The van der Waals surface area contributed by atoms with Gasteiger partial charge in [0.2, 0.25) is 5.91 Å². The molecule has 2 N–H and O–H groups in total. The second-order valence-corrected chi connectivity index (χ2v) is 7.90. The van der Waals surface area contributed by atoms with Crippen LogP contribution in [-0.2, 0) is 21.0 Å². The first kappa shape index (κ1) is 22.8. The first-order valence-corrected chi connectivity index (χ1v) is 10.3. The van der Waals surface area contributed by atoms with Crippen LogP contribution in [0.25, 0.3) is 0 Å². The molecule has 2 aromatic rings. The molecule has 0 aliphatic rings. The fourth-order valence-electron chi connectivity index (χ4n) is 2.34. The Morgan fingerprint density at radius 1 is 1.10 bits per heavy atom. The average Bonchev–Trinajstić information content (AvgIpc) is 2.63. The smallest absolute Gasteiger partial charge is 0.418 e. The third-order valence-corrected chi connectivity index (χ3v) is 5.29. The van der Waals surface area contributed by atoms with Crippen LogP contribution in [0.5, 0.6) is 5.75 Å². The van der Waals surface area contributed by atoms with Gasteiger partial charge in [0.25, 0.3) is 10.0 Å². The largest absolute Gasteiger partial charge is 0.492 e. The van der Waals surface area contributed by atoms with Crippen molar-refractivity contribution in [2.75, 3.05) is 16.6 Å². The number of rotatable bonds is 7. The van der Waals surface area contributed by atoms with Gasteiger partial charge >= 0.3 is 6.18 Å². The fourth-order valence-corrected chi connectivity index (χ4v) is 3.62. The summed E-state index contributed by atoms with van der Waals surface area (Å²) < 4.78 is 72.3. The predicted octanol–water partition coefficient (Wildman–Crippen LogP) is 4.91. The first-order chi connectivity index (χ1) is 13.5. The van der Waals surface area contributed by atoms with Gasteiger partial charge in [0.15, 0.2) is 0 Å². The summed E-state index contributed by atoms with van der Waals surface area (Å²) >= 11 is 5.61. The molecule has 0 radical (unpaired) electrons. The van der Waals surface area contributed by atoms with E-state index in [1.807, 2.05) is 4.72 Å². The van der Waals surface area contributed by atoms with E-state index in [1.54, 1.807) is 13.8 Å². The summed E-state index contributed by atoms with van der Waals surface area (Å²) in [4.78, 5) is 11.4. The Balaban J connectivity index is 2.46. The van der Waals surface area contributed by atoms with Crippen molar-refractivity contribution < 1.29 is 31.1 Å². The number of benzene rings is 2. The summed E-state index contributed by atoms with van der Waals surface area (Å²) in [7, 11) is -4.41.